The Kier molecular flexibility index (Phi) is 12.1. The average Bonchev–Trinajstić information content (AvgIpc) is 3.68. The summed E-state index contributed by atoms with van der Waals surface area (Å²) in [6, 6.07) is 55.8. The van der Waals surface area contributed by atoms with Gasteiger partial charge in [0.25, 0.3) is 0 Å². The Hall–Kier alpha value is -7.12. The molecule has 2 aromatic heterocycles. The Bertz CT molecular complexity index is 3230. The van der Waals surface area contributed by atoms with Gasteiger partial charge in [-0.2, -0.15) is 0 Å². The summed E-state index contributed by atoms with van der Waals surface area (Å²) in [5.74, 6) is 0.302. The molecular formula is C61H51N4OPt-. The van der Waals surface area contributed by atoms with Crippen LogP contribution in [0.15, 0.2) is 182 Å². The van der Waals surface area contributed by atoms with Crippen molar-refractivity contribution in [3.05, 3.63) is 216 Å². The van der Waals surface area contributed by atoms with Gasteiger partial charge in [-0.1, -0.05) is 174 Å². The molecule has 1 aliphatic carbocycles. The van der Waals surface area contributed by atoms with E-state index < -0.39 is 0 Å². The molecule has 332 valence electrons. The van der Waals surface area contributed by atoms with Crippen LogP contribution in [0.3, 0.4) is 0 Å². The number of hydrogen-bond donors (Lipinski definition) is 1. The zero-order chi connectivity index (χ0) is 45.7. The topological polar surface area (TPSA) is 53.6 Å². The second-order valence-corrected chi connectivity index (χ2v) is 19.4. The second-order valence-electron chi connectivity index (χ2n) is 19.4. The van der Waals surface area contributed by atoms with Gasteiger partial charge in [-0.05, 0) is 91.7 Å². The average molecular weight is 1050 g/mol. The Morgan fingerprint density at radius 1 is 0.582 bits per heavy atom. The number of aromatic hydroxyl groups is 1. The van der Waals surface area contributed by atoms with Gasteiger partial charge in [0.2, 0.25) is 0 Å². The predicted molar refractivity (Wildman–Crippen MR) is 272 cm³/mol. The molecule has 2 unspecified atom stereocenters. The Morgan fingerprint density at radius 3 is 1.91 bits per heavy atom. The third kappa shape index (κ3) is 8.71. The molecule has 0 saturated carbocycles. The maximum absolute atomic E-state index is 11.8. The number of phenols is 1. The number of nitrogens with zero attached hydrogens (tertiary/aromatic N) is 4. The number of allylic oxidation sites excluding steroid dienone is 2. The van der Waals surface area contributed by atoms with Crippen LogP contribution in [0.5, 0.6) is 5.75 Å². The molecule has 8 aromatic rings. The van der Waals surface area contributed by atoms with E-state index in [1.54, 1.807) is 12.1 Å². The van der Waals surface area contributed by atoms with E-state index in [1.807, 2.05) is 54.7 Å². The third-order valence-electron chi connectivity index (χ3n) is 12.9. The van der Waals surface area contributed by atoms with Crippen LogP contribution in [0, 0.1) is 12.6 Å². The fraction of sp³-hybridized carbons (Fsp3) is 0.164. The van der Waals surface area contributed by atoms with Gasteiger partial charge in [0.15, 0.2) is 5.69 Å². The molecule has 2 aliphatic rings. The van der Waals surface area contributed by atoms with Crippen LogP contribution in [0.4, 0.5) is 17.1 Å². The first-order valence-corrected chi connectivity index (χ1v) is 22.6. The van der Waals surface area contributed by atoms with Gasteiger partial charge >= 0.3 is 0 Å². The molecule has 6 heteroatoms. The quantitative estimate of drug-likeness (QED) is 0.162. The molecule has 0 amide bonds. The standard InChI is InChI=1S/C61H51N4O.Pt/c1-60(2,3)45-31-43(32-46(36-45)61(4,5)6)44-34-54(64-56(35-44)52-37-55(62-7)51(38-58(52)66)39-18-10-8-11-19-39)42-21-16-20-41(30-42)53-33-40(28-29-63-53)48-25-17-26-50-49-24-14-15-27-57(49)65(59(48)50)47-22-12-9-13-23-47;/h8-29,31-38,49,57,66H,1-6H3;/q-1;. The van der Waals surface area contributed by atoms with Crippen LogP contribution in [0.1, 0.15) is 64.2 Å². The van der Waals surface area contributed by atoms with Crippen LogP contribution in [0.25, 0.3) is 72.0 Å². The summed E-state index contributed by atoms with van der Waals surface area (Å²) in [4.78, 5) is 16.6. The van der Waals surface area contributed by atoms with Crippen molar-refractivity contribution < 1.29 is 26.2 Å². The largest absolute Gasteiger partial charge is 0.507 e. The van der Waals surface area contributed by atoms with Crippen LogP contribution < -0.4 is 4.90 Å². The van der Waals surface area contributed by atoms with Crippen LogP contribution in [-0.4, -0.2) is 21.1 Å². The molecular weight excluding hydrogens is 1000 g/mol. The molecule has 2 atom stereocenters. The monoisotopic (exact) mass is 1050 g/mol. The van der Waals surface area contributed by atoms with Gasteiger partial charge in [-0.25, -0.2) is 4.85 Å². The van der Waals surface area contributed by atoms with E-state index in [0.717, 1.165) is 50.3 Å². The molecule has 0 fully saturated rings. The van der Waals surface area contributed by atoms with Gasteiger partial charge in [0.05, 0.1) is 24.0 Å². The van der Waals surface area contributed by atoms with Crippen molar-refractivity contribution >= 4 is 17.1 Å². The Labute approximate surface area is 409 Å². The van der Waals surface area contributed by atoms with Gasteiger partial charge in [-0.15, -0.1) is 24.3 Å². The number of benzene rings is 6. The summed E-state index contributed by atoms with van der Waals surface area (Å²) in [5, 5.41) is 11.8. The fourth-order valence-corrected chi connectivity index (χ4v) is 9.37. The van der Waals surface area contributed by atoms with E-state index in [9.17, 15) is 5.11 Å². The zero-order valence-corrected chi connectivity index (χ0v) is 40.8. The Balaban J connectivity index is 0.00000562. The molecule has 67 heavy (non-hydrogen) atoms. The number of anilines is 2. The molecule has 0 spiro atoms. The van der Waals surface area contributed by atoms with Crippen LogP contribution in [-0.2, 0) is 31.9 Å². The summed E-state index contributed by atoms with van der Waals surface area (Å²) in [6.07, 6.45) is 10.8. The fourth-order valence-electron chi connectivity index (χ4n) is 9.37. The van der Waals surface area contributed by atoms with E-state index in [-0.39, 0.29) is 49.6 Å². The molecule has 0 radical (unpaired) electrons. The molecule has 3 heterocycles. The van der Waals surface area contributed by atoms with E-state index in [1.165, 1.54) is 22.4 Å². The van der Waals surface area contributed by atoms with Crippen molar-refractivity contribution in [2.24, 2.45) is 0 Å². The molecule has 6 aromatic carbocycles. The summed E-state index contributed by atoms with van der Waals surface area (Å²) in [5.41, 5.74) is 16.3. The van der Waals surface area contributed by atoms with Crippen molar-refractivity contribution in [3.63, 3.8) is 0 Å². The van der Waals surface area contributed by atoms with Gasteiger partial charge in [0.1, 0.15) is 5.75 Å². The molecule has 5 nitrogen and oxygen atoms in total. The molecule has 1 N–H and O–H groups in total. The number of aromatic nitrogens is 2. The maximum atomic E-state index is 11.8. The molecule has 1 aliphatic heterocycles. The SMILES string of the molecule is [C-]#[N+]c1cc(-c2cc(-c3cc(C(C)(C)C)cc(C(C)(C)C)c3)cc(-c3[c-]c(-c4cc(-c5cccc6c5N(c5ccccc5)C5C=CC=CC65)ccn4)ccc3)n2)c(O)cc1-c1ccccc1.[Pt]. The Morgan fingerprint density at radius 2 is 1.21 bits per heavy atom. The van der Waals surface area contributed by atoms with Gasteiger partial charge in [-0.3, -0.25) is 9.97 Å². The summed E-state index contributed by atoms with van der Waals surface area (Å²) >= 11 is 0. The third-order valence-corrected chi connectivity index (χ3v) is 12.9. The number of pyridine rings is 2. The predicted octanol–water partition coefficient (Wildman–Crippen LogP) is 15.9. The zero-order valence-electron chi connectivity index (χ0n) is 38.5. The van der Waals surface area contributed by atoms with E-state index in [2.05, 4.69) is 173 Å². The maximum Gasteiger partial charge on any atom is 0.195 e. The van der Waals surface area contributed by atoms with Crippen LogP contribution in [0.2, 0.25) is 0 Å². The minimum atomic E-state index is -0.0968. The van der Waals surface area contributed by atoms with Crippen molar-refractivity contribution in [1.82, 2.24) is 9.97 Å². The smallest absolute Gasteiger partial charge is 0.195 e. The molecule has 10 rings (SSSR count). The summed E-state index contributed by atoms with van der Waals surface area (Å²) in [7, 11) is 0. The first-order valence-electron chi connectivity index (χ1n) is 22.6. The summed E-state index contributed by atoms with van der Waals surface area (Å²) < 4.78 is 0. The van der Waals surface area contributed by atoms with E-state index in [4.69, 9.17) is 16.5 Å². The second kappa shape index (κ2) is 17.9. The minimum absolute atomic E-state index is 0. The van der Waals surface area contributed by atoms with Crippen molar-refractivity contribution in [1.29, 1.82) is 0 Å². The number of para-hydroxylation sites is 2. The molecule has 0 bridgehead atoms. The number of phenolic OH excluding ortho intramolecular Hbond substituents is 1. The number of rotatable bonds is 7. The van der Waals surface area contributed by atoms with Crippen molar-refractivity contribution in [2.75, 3.05) is 4.90 Å². The van der Waals surface area contributed by atoms with Crippen LogP contribution >= 0.6 is 0 Å². The minimum Gasteiger partial charge on any atom is -0.507 e. The first-order chi connectivity index (χ1) is 31.8. The van der Waals surface area contributed by atoms with Gasteiger partial charge < -0.3 is 10.0 Å². The van der Waals surface area contributed by atoms with Crippen molar-refractivity contribution in [3.8, 4) is 72.9 Å². The normalized spacial score (nSPS) is 15.1. The molecule has 0 saturated heterocycles. The summed E-state index contributed by atoms with van der Waals surface area (Å²) in [6.45, 7) is 21.7. The van der Waals surface area contributed by atoms with Gasteiger partial charge in [0, 0.05) is 61.4 Å². The number of fused-ring (bicyclic) bond motifs is 3. The number of hydrogen-bond acceptors (Lipinski definition) is 4. The van der Waals surface area contributed by atoms with Crippen molar-refractivity contribution in [2.45, 2.75) is 64.3 Å². The van der Waals surface area contributed by atoms with E-state index in [0.29, 0.717) is 28.2 Å². The first kappa shape index (κ1) is 45.1. The van der Waals surface area contributed by atoms with E-state index >= 15 is 0 Å².